The van der Waals surface area contributed by atoms with Crippen LogP contribution in [0.4, 0.5) is 0 Å². The molecule has 0 atom stereocenters. The summed E-state index contributed by atoms with van der Waals surface area (Å²) in [4.78, 5) is 13.7. The number of nitrogens with one attached hydrogen (secondary N) is 1. The first kappa shape index (κ1) is 14.7. The zero-order valence-electron chi connectivity index (χ0n) is 9.86. The number of halogens is 2. The van der Waals surface area contributed by atoms with Crippen LogP contribution in [0.1, 0.15) is 4.88 Å². The van der Waals surface area contributed by atoms with E-state index in [1.807, 2.05) is 36.4 Å². The van der Waals surface area contributed by atoms with E-state index in [-0.39, 0.29) is 5.91 Å². The number of thiophene rings is 1. The molecule has 0 bridgehead atoms. The number of amides is 1. The summed E-state index contributed by atoms with van der Waals surface area (Å²) in [6.07, 6.45) is 0. The van der Waals surface area contributed by atoms with Crippen LogP contribution in [0.5, 0.6) is 0 Å². The lowest BCUT2D eigenvalue weighted by atomic mass is 10.4. The Labute approximate surface area is 130 Å². The molecule has 19 heavy (non-hydrogen) atoms. The van der Waals surface area contributed by atoms with Crippen molar-refractivity contribution >= 4 is 52.2 Å². The fourth-order valence-corrected chi connectivity index (χ4v) is 3.48. The predicted molar refractivity (Wildman–Crippen MR) is 83.4 cm³/mol. The minimum atomic E-state index is -0.0190. The maximum absolute atomic E-state index is 11.7. The first-order valence-corrected chi connectivity index (χ1v) is 8.09. The summed E-state index contributed by atoms with van der Waals surface area (Å²) < 4.78 is 0.731. The van der Waals surface area contributed by atoms with Gasteiger partial charge in [0.05, 0.1) is 21.7 Å². The summed E-state index contributed by atoms with van der Waals surface area (Å²) in [5.74, 6) is 0.331. The molecule has 0 spiro atoms. The Morgan fingerprint density at radius 3 is 2.68 bits per heavy atom. The quantitative estimate of drug-likeness (QED) is 0.819. The second kappa shape index (κ2) is 7.20. The van der Waals surface area contributed by atoms with Crippen LogP contribution in [0.3, 0.4) is 0 Å². The topological polar surface area (TPSA) is 29.1 Å². The summed E-state index contributed by atoms with van der Waals surface area (Å²) >= 11 is 14.7. The Kier molecular flexibility index (Phi) is 5.58. The molecule has 0 unspecified atom stereocenters. The number of carbonyl (C=O) groups is 1. The Hall–Kier alpha value is -0.680. The minimum absolute atomic E-state index is 0.0190. The van der Waals surface area contributed by atoms with Gasteiger partial charge in [-0.25, -0.2) is 0 Å². The predicted octanol–water partition coefficient (Wildman–Crippen LogP) is 4.46. The smallest absolute Gasteiger partial charge is 0.230 e. The number of thioether (sulfide) groups is 1. The molecule has 0 saturated carbocycles. The van der Waals surface area contributed by atoms with Crippen LogP contribution < -0.4 is 5.32 Å². The van der Waals surface area contributed by atoms with Crippen molar-refractivity contribution in [2.24, 2.45) is 0 Å². The highest BCUT2D eigenvalue weighted by molar-refractivity contribution is 8.00. The van der Waals surface area contributed by atoms with E-state index in [4.69, 9.17) is 23.2 Å². The zero-order valence-corrected chi connectivity index (χ0v) is 13.0. The first-order valence-electron chi connectivity index (χ1n) is 5.53. The summed E-state index contributed by atoms with van der Waals surface area (Å²) in [6, 6.07) is 11.2. The van der Waals surface area contributed by atoms with Gasteiger partial charge in [0.1, 0.15) is 0 Å². The standard InChI is InChI=1S/C13H11Cl2NOS2/c14-10-3-1-2-4-11(10)18-8-13(17)16-7-9-5-6-12(15)19-9/h1-6H,7-8H2,(H,16,17). The fourth-order valence-electron chi connectivity index (χ4n) is 1.39. The molecule has 100 valence electrons. The van der Waals surface area contributed by atoms with Crippen LogP contribution in [-0.2, 0) is 11.3 Å². The lowest BCUT2D eigenvalue weighted by Gasteiger charge is -2.05. The molecule has 2 aromatic rings. The third kappa shape index (κ3) is 4.73. The van der Waals surface area contributed by atoms with Gasteiger partial charge in [-0.1, -0.05) is 35.3 Å². The second-order valence-electron chi connectivity index (χ2n) is 3.70. The number of benzene rings is 1. The van der Waals surface area contributed by atoms with Gasteiger partial charge >= 0.3 is 0 Å². The maximum atomic E-state index is 11.7. The number of rotatable bonds is 5. The number of hydrogen-bond acceptors (Lipinski definition) is 3. The Bertz CT molecular complexity index is 571. The van der Waals surface area contributed by atoms with Crippen molar-refractivity contribution in [3.8, 4) is 0 Å². The molecular weight excluding hydrogens is 321 g/mol. The molecule has 1 aromatic carbocycles. The van der Waals surface area contributed by atoms with E-state index in [2.05, 4.69) is 5.32 Å². The molecule has 0 saturated heterocycles. The average Bonchev–Trinajstić information content (AvgIpc) is 2.81. The molecule has 2 nitrogen and oxygen atoms in total. The van der Waals surface area contributed by atoms with Crippen molar-refractivity contribution in [2.45, 2.75) is 11.4 Å². The Morgan fingerprint density at radius 2 is 2.00 bits per heavy atom. The van der Waals surface area contributed by atoms with Gasteiger partial charge in [-0.3, -0.25) is 4.79 Å². The van der Waals surface area contributed by atoms with Crippen LogP contribution in [-0.4, -0.2) is 11.7 Å². The fraction of sp³-hybridized carbons (Fsp3) is 0.154. The van der Waals surface area contributed by atoms with Gasteiger partial charge in [0, 0.05) is 9.77 Å². The monoisotopic (exact) mass is 331 g/mol. The second-order valence-corrected chi connectivity index (χ2v) is 6.93. The summed E-state index contributed by atoms with van der Waals surface area (Å²) in [7, 11) is 0. The molecule has 0 aliphatic rings. The van der Waals surface area contributed by atoms with Crippen molar-refractivity contribution in [3.63, 3.8) is 0 Å². The summed E-state index contributed by atoms with van der Waals surface area (Å²) in [5.41, 5.74) is 0. The van der Waals surface area contributed by atoms with Gasteiger partial charge in [-0.2, -0.15) is 0 Å². The molecule has 1 amide bonds. The molecule has 2 rings (SSSR count). The van der Waals surface area contributed by atoms with Crippen LogP contribution >= 0.6 is 46.3 Å². The van der Waals surface area contributed by atoms with E-state index < -0.39 is 0 Å². The SMILES string of the molecule is O=C(CSc1ccccc1Cl)NCc1ccc(Cl)s1. The van der Waals surface area contributed by atoms with Crippen LogP contribution in [0.15, 0.2) is 41.3 Å². The van der Waals surface area contributed by atoms with E-state index in [0.29, 0.717) is 17.3 Å². The van der Waals surface area contributed by atoms with Crippen molar-refractivity contribution in [3.05, 3.63) is 50.6 Å². The highest BCUT2D eigenvalue weighted by atomic mass is 35.5. The molecule has 1 heterocycles. The highest BCUT2D eigenvalue weighted by Crippen LogP contribution is 2.26. The third-order valence-corrected chi connectivity index (χ3v) is 5.03. The molecule has 0 aliphatic heterocycles. The Morgan fingerprint density at radius 1 is 1.21 bits per heavy atom. The minimum Gasteiger partial charge on any atom is -0.350 e. The number of hydrogen-bond donors (Lipinski definition) is 1. The van der Waals surface area contributed by atoms with Gasteiger partial charge in [0.25, 0.3) is 0 Å². The van der Waals surface area contributed by atoms with Crippen molar-refractivity contribution in [1.82, 2.24) is 5.32 Å². The summed E-state index contributed by atoms with van der Waals surface area (Å²) in [5, 5.41) is 3.52. The van der Waals surface area contributed by atoms with Crippen LogP contribution in [0, 0.1) is 0 Å². The van der Waals surface area contributed by atoms with Gasteiger partial charge < -0.3 is 5.32 Å². The van der Waals surface area contributed by atoms with Gasteiger partial charge in [-0.15, -0.1) is 23.1 Å². The highest BCUT2D eigenvalue weighted by Gasteiger charge is 2.06. The lowest BCUT2D eigenvalue weighted by Crippen LogP contribution is -2.24. The molecular formula is C13H11Cl2NOS2. The van der Waals surface area contributed by atoms with Gasteiger partial charge in [0.2, 0.25) is 5.91 Å². The van der Waals surface area contributed by atoms with E-state index in [1.165, 1.54) is 23.1 Å². The van der Waals surface area contributed by atoms with Crippen molar-refractivity contribution < 1.29 is 4.79 Å². The Balaban J connectivity index is 1.77. The largest absolute Gasteiger partial charge is 0.350 e. The third-order valence-electron chi connectivity index (χ3n) is 2.28. The molecule has 1 N–H and O–H groups in total. The normalized spacial score (nSPS) is 10.4. The van der Waals surface area contributed by atoms with E-state index in [9.17, 15) is 4.79 Å². The van der Waals surface area contributed by atoms with Crippen LogP contribution in [0.25, 0.3) is 0 Å². The van der Waals surface area contributed by atoms with Crippen LogP contribution in [0.2, 0.25) is 9.36 Å². The van der Waals surface area contributed by atoms with E-state index in [0.717, 1.165) is 14.1 Å². The summed E-state index contributed by atoms with van der Waals surface area (Å²) in [6.45, 7) is 0.513. The van der Waals surface area contributed by atoms with E-state index >= 15 is 0 Å². The zero-order chi connectivity index (χ0) is 13.7. The molecule has 0 radical (unpaired) electrons. The molecule has 0 fully saturated rings. The average molecular weight is 332 g/mol. The lowest BCUT2D eigenvalue weighted by molar-refractivity contribution is -0.118. The number of carbonyl (C=O) groups excluding carboxylic acids is 1. The molecule has 6 heteroatoms. The molecule has 1 aromatic heterocycles. The van der Waals surface area contributed by atoms with Gasteiger partial charge in [0.15, 0.2) is 0 Å². The molecule has 0 aliphatic carbocycles. The van der Waals surface area contributed by atoms with Crippen molar-refractivity contribution in [1.29, 1.82) is 0 Å². The first-order chi connectivity index (χ1) is 9.15. The van der Waals surface area contributed by atoms with E-state index in [1.54, 1.807) is 0 Å². The maximum Gasteiger partial charge on any atom is 0.230 e. The van der Waals surface area contributed by atoms with Crippen molar-refractivity contribution in [2.75, 3.05) is 5.75 Å². The van der Waals surface area contributed by atoms with Gasteiger partial charge in [-0.05, 0) is 24.3 Å².